The van der Waals surface area contributed by atoms with Crippen LogP contribution >= 0.6 is 11.6 Å². The number of aromatic nitrogens is 3. The Labute approximate surface area is 202 Å². The van der Waals surface area contributed by atoms with E-state index in [2.05, 4.69) is 19.6 Å². The van der Waals surface area contributed by atoms with Gasteiger partial charge in [-0.15, -0.1) is 0 Å². The fourth-order valence-electron chi connectivity index (χ4n) is 3.78. The van der Waals surface area contributed by atoms with Gasteiger partial charge in [-0.3, -0.25) is 14.1 Å². The number of hydrogen-bond acceptors (Lipinski definition) is 7. The predicted molar refractivity (Wildman–Crippen MR) is 130 cm³/mol. The van der Waals surface area contributed by atoms with E-state index in [9.17, 15) is 8.42 Å². The minimum atomic E-state index is -3.97. The van der Waals surface area contributed by atoms with E-state index in [1.165, 1.54) is 12.3 Å². The van der Waals surface area contributed by atoms with Crippen molar-refractivity contribution in [2.24, 2.45) is 0 Å². The number of anilines is 2. The number of ether oxygens (including phenoxy) is 2. The minimum Gasteiger partial charge on any atom is -0.490 e. The maximum Gasteiger partial charge on any atom is 0.263 e. The van der Waals surface area contributed by atoms with Crippen LogP contribution in [0.2, 0.25) is 5.02 Å². The van der Waals surface area contributed by atoms with Crippen molar-refractivity contribution < 1.29 is 17.9 Å². The van der Waals surface area contributed by atoms with Gasteiger partial charge in [0.15, 0.2) is 11.5 Å². The first-order valence-electron chi connectivity index (χ1n) is 10.5. The SMILES string of the molecule is Cc1c(Cl)cccc1S(=O)(=O)Nc1c(OCc2ccc3c(c2)N(C)CCO3)nc2cnccn12. The Morgan fingerprint density at radius 1 is 1.26 bits per heavy atom. The van der Waals surface area contributed by atoms with Crippen molar-refractivity contribution >= 4 is 38.8 Å². The first-order valence-corrected chi connectivity index (χ1v) is 12.4. The van der Waals surface area contributed by atoms with Gasteiger partial charge in [-0.05, 0) is 42.3 Å². The summed E-state index contributed by atoms with van der Waals surface area (Å²) in [4.78, 5) is 10.7. The number of likely N-dealkylation sites (N-methyl/N-ethyl adjacent to an activating group) is 1. The molecular formula is C23H22ClN5O4S. The first-order chi connectivity index (χ1) is 16.3. The molecule has 0 fully saturated rings. The molecule has 3 heterocycles. The second-order valence-corrected chi connectivity index (χ2v) is 9.96. The predicted octanol–water partition coefficient (Wildman–Crippen LogP) is 3.90. The lowest BCUT2D eigenvalue weighted by Crippen LogP contribution is -2.28. The summed E-state index contributed by atoms with van der Waals surface area (Å²) in [7, 11) is -1.97. The quantitative estimate of drug-likeness (QED) is 0.429. The summed E-state index contributed by atoms with van der Waals surface area (Å²) in [5.74, 6) is 1.13. The highest BCUT2D eigenvalue weighted by Gasteiger charge is 2.24. The average Bonchev–Trinajstić information content (AvgIpc) is 3.16. The lowest BCUT2D eigenvalue weighted by Gasteiger charge is -2.28. The van der Waals surface area contributed by atoms with Crippen molar-refractivity contribution in [2.75, 3.05) is 29.8 Å². The molecule has 176 valence electrons. The van der Waals surface area contributed by atoms with Crippen LogP contribution in [0.5, 0.6) is 11.6 Å². The number of halogens is 1. The number of rotatable bonds is 6. The molecule has 34 heavy (non-hydrogen) atoms. The van der Waals surface area contributed by atoms with E-state index in [1.54, 1.807) is 35.9 Å². The molecule has 0 unspecified atom stereocenters. The Morgan fingerprint density at radius 2 is 2.12 bits per heavy atom. The Balaban J connectivity index is 1.47. The van der Waals surface area contributed by atoms with Gasteiger partial charge < -0.3 is 14.4 Å². The van der Waals surface area contributed by atoms with E-state index in [0.717, 1.165) is 23.5 Å². The molecule has 0 atom stereocenters. The molecule has 11 heteroatoms. The van der Waals surface area contributed by atoms with E-state index in [4.69, 9.17) is 21.1 Å². The smallest absolute Gasteiger partial charge is 0.263 e. The van der Waals surface area contributed by atoms with Gasteiger partial charge in [0.1, 0.15) is 19.0 Å². The molecule has 1 N–H and O–H groups in total. The molecule has 1 aliphatic rings. The molecular weight excluding hydrogens is 478 g/mol. The summed E-state index contributed by atoms with van der Waals surface area (Å²) in [6, 6.07) is 10.5. The number of imidazole rings is 1. The summed E-state index contributed by atoms with van der Waals surface area (Å²) >= 11 is 6.15. The maximum absolute atomic E-state index is 13.2. The fraction of sp³-hybridized carbons (Fsp3) is 0.217. The van der Waals surface area contributed by atoms with Gasteiger partial charge >= 0.3 is 0 Å². The molecule has 0 radical (unpaired) electrons. The van der Waals surface area contributed by atoms with Crippen molar-refractivity contribution in [2.45, 2.75) is 18.4 Å². The van der Waals surface area contributed by atoms with Gasteiger partial charge in [0.2, 0.25) is 0 Å². The lowest BCUT2D eigenvalue weighted by atomic mass is 10.1. The highest BCUT2D eigenvalue weighted by molar-refractivity contribution is 7.92. The number of fused-ring (bicyclic) bond motifs is 2. The van der Waals surface area contributed by atoms with Crippen LogP contribution in [0.1, 0.15) is 11.1 Å². The zero-order valence-electron chi connectivity index (χ0n) is 18.5. The van der Waals surface area contributed by atoms with Gasteiger partial charge in [-0.2, -0.15) is 4.98 Å². The number of nitrogens with zero attached hydrogens (tertiary/aromatic N) is 4. The molecule has 0 aliphatic carbocycles. The summed E-state index contributed by atoms with van der Waals surface area (Å²) in [5.41, 5.74) is 2.77. The van der Waals surface area contributed by atoms with E-state index in [-0.39, 0.29) is 23.2 Å². The number of nitrogens with one attached hydrogen (secondary N) is 1. The molecule has 0 bridgehead atoms. The Hall–Kier alpha value is -3.50. The van der Waals surface area contributed by atoms with Crippen LogP contribution < -0.4 is 19.1 Å². The second-order valence-electron chi connectivity index (χ2n) is 7.90. The Kier molecular flexibility index (Phi) is 5.70. The van der Waals surface area contributed by atoms with E-state index < -0.39 is 10.0 Å². The van der Waals surface area contributed by atoms with Crippen LogP contribution in [0.4, 0.5) is 11.5 Å². The molecule has 0 saturated heterocycles. The number of hydrogen-bond donors (Lipinski definition) is 1. The summed E-state index contributed by atoms with van der Waals surface area (Å²) in [6.07, 6.45) is 4.68. The van der Waals surface area contributed by atoms with Gasteiger partial charge in [-0.1, -0.05) is 23.7 Å². The van der Waals surface area contributed by atoms with E-state index in [1.807, 2.05) is 25.2 Å². The largest absolute Gasteiger partial charge is 0.490 e. The third-order valence-corrected chi connectivity index (χ3v) is 7.52. The van der Waals surface area contributed by atoms with Crippen molar-refractivity contribution in [3.63, 3.8) is 0 Å². The third-order valence-electron chi connectivity index (χ3n) is 5.63. The molecule has 0 spiro atoms. The maximum atomic E-state index is 13.2. The van der Waals surface area contributed by atoms with Gasteiger partial charge in [0.25, 0.3) is 15.9 Å². The Morgan fingerprint density at radius 3 is 2.97 bits per heavy atom. The zero-order valence-corrected chi connectivity index (χ0v) is 20.1. The molecule has 0 saturated carbocycles. The molecule has 2 aromatic heterocycles. The van der Waals surface area contributed by atoms with Crippen molar-refractivity contribution in [3.8, 4) is 11.6 Å². The number of sulfonamides is 1. The van der Waals surface area contributed by atoms with Crippen LogP contribution in [-0.4, -0.2) is 43.0 Å². The monoisotopic (exact) mass is 499 g/mol. The average molecular weight is 500 g/mol. The molecule has 1 aliphatic heterocycles. The Bertz CT molecular complexity index is 1490. The summed E-state index contributed by atoms with van der Waals surface area (Å²) in [6.45, 7) is 3.28. The van der Waals surface area contributed by atoms with E-state index in [0.29, 0.717) is 22.8 Å². The van der Waals surface area contributed by atoms with Crippen LogP contribution in [0.3, 0.4) is 0 Å². The highest BCUT2D eigenvalue weighted by Crippen LogP contribution is 2.33. The first kappa shape index (κ1) is 22.3. The minimum absolute atomic E-state index is 0.0766. The second kappa shape index (κ2) is 8.69. The van der Waals surface area contributed by atoms with Crippen LogP contribution in [0.15, 0.2) is 59.9 Å². The highest BCUT2D eigenvalue weighted by atomic mass is 35.5. The molecule has 4 aromatic rings. The van der Waals surface area contributed by atoms with Gasteiger partial charge in [-0.25, -0.2) is 8.42 Å². The molecule has 2 aromatic carbocycles. The summed E-state index contributed by atoms with van der Waals surface area (Å²) < 4.78 is 42.4. The van der Waals surface area contributed by atoms with Crippen molar-refractivity contribution in [3.05, 3.63) is 71.1 Å². The van der Waals surface area contributed by atoms with Crippen molar-refractivity contribution in [1.82, 2.24) is 14.4 Å². The fourth-order valence-corrected chi connectivity index (χ4v) is 5.33. The zero-order chi connectivity index (χ0) is 23.9. The topological polar surface area (TPSA) is 98.1 Å². The molecule has 9 nitrogen and oxygen atoms in total. The standard InChI is InChI=1S/C23H22ClN5O4S/c1-15-17(24)4-3-5-20(15)34(30,31)27-22-23(26-21-13-25-8-9-29(21)22)33-14-16-6-7-19-18(12-16)28(2)10-11-32-19/h3-9,12-13,27H,10-11,14H2,1-2H3. The van der Waals surface area contributed by atoms with Crippen molar-refractivity contribution in [1.29, 1.82) is 0 Å². The van der Waals surface area contributed by atoms with Gasteiger partial charge in [0, 0.05) is 24.5 Å². The molecule has 5 rings (SSSR count). The van der Waals surface area contributed by atoms with E-state index >= 15 is 0 Å². The van der Waals surface area contributed by atoms with Crippen LogP contribution in [-0.2, 0) is 16.6 Å². The summed E-state index contributed by atoms with van der Waals surface area (Å²) in [5, 5.41) is 0.364. The lowest BCUT2D eigenvalue weighted by molar-refractivity contribution is 0.295. The number of benzene rings is 2. The third kappa shape index (κ3) is 4.10. The van der Waals surface area contributed by atoms with Crippen LogP contribution in [0.25, 0.3) is 5.65 Å². The molecule has 0 amide bonds. The van der Waals surface area contributed by atoms with Gasteiger partial charge in [0.05, 0.1) is 23.3 Å². The normalized spacial score (nSPS) is 13.4. The van der Waals surface area contributed by atoms with Crippen LogP contribution in [0, 0.1) is 6.92 Å².